The predicted molar refractivity (Wildman–Crippen MR) is 124 cm³/mol. The molecule has 5 nitrogen and oxygen atoms in total. The van der Waals surface area contributed by atoms with Crippen molar-refractivity contribution < 1.29 is 4.79 Å². The minimum absolute atomic E-state index is 0. The molecule has 0 aliphatic carbocycles. The van der Waals surface area contributed by atoms with Crippen LogP contribution >= 0.6 is 24.0 Å². The summed E-state index contributed by atoms with van der Waals surface area (Å²) in [6.07, 6.45) is 0. The smallest absolute Gasteiger partial charge is 0.226 e. The number of amides is 1. The molecule has 0 spiro atoms. The molecule has 2 aromatic carbocycles. The highest BCUT2D eigenvalue weighted by atomic mass is 127. The molecular formula is C21H29IN4O. The standard InChI is InChI=1S/C21H28N4O.HI/c1-15(2)20(26)25-19-11-9-17(10-12-19)13-23-21(22-4)24-14-18-8-6-5-7-16(18)3;/h5-12,15H,13-14H2,1-4H3,(H,25,26)(H2,22,23,24);1H. The summed E-state index contributed by atoms with van der Waals surface area (Å²) in [4.78, 5) is 16.0. The number of nitrogens with zero attached hydrogens (tertiary/aromatic N) is 1. The van der Waals surface area contributed by atoms with E-state index >= 15 is 0 Å². The molecule has 2 aromatic rings. The Labute approximate surface area is 179 Å². The van der Waals surface area contributed by atoms with Gasteiger partial charge in [-0.2, -0.15) is 0 Å². The highest BCUT2D eigenvalue weighted by Gasteiger charge is 2.07. The largest absolute Gasteiger partial charge is 0.352 e. The van der Waals surface area contributed by atoms with Crippen LogP contribution in [0, 0.1) is 12.8 Å². The zero-order valence-corrected chi connectivity index (χ0v) is 18.7. The minimum Gasteiger partial charge on any atom is -0.352 e. The molecule has 0 aliphatic rings. The zero-order chi connectivity index (χ0) is 18.9. The summed E-state index contributed by atoms with van der Waals surface area (Å²) >= 11 is 0. The fourth-order valence-electron chi connectivity index (χ4n) is 2.39. The molecule has 146 valence electrons. The molecule has 3 N–H and O–H groups in total. The number of aliphatic imine (C=N–C) groups is 1. The van der Waals surface area contributed by atoms with E-state index in [1.54, 1.807) is 7.05 Å². The molecular weight excluding hydrogens is 451 g/mol. The number of benzene rings is 2. The molecule has 0 heterocycles. The van der Waals surface area contributed by atoms with E-state index in [1.165, 1.54) is 11.1 Å². The van der Waals surface area contributed by atoms with Gasteiger partial charge >= 0.3 is 0 Å². The molecule has 0 bridgehead atoms. The van der Waals surface area contributed by atoms with Crippen LogP contribution in [-0.2, 0) is 17.9 Å². The van der Waals surface area contributed by atoms with E-state index in [-0.39, 0.29) is 35.8 Å². The molecule has 0 radical (unpaired) electrons. The van der Waals surface area contributed by atoms with Crippen LogP contribution in [0.3, 0.4) is 0 Å². The first-order valence-corrected chi connectivity index (χ1v) is 8.88. The number of halogens is 1. The van der Waals surface area contributed by atoms with Crippen LogP contribution in [0.25, 0.3) is 0 Å². The minimum atomic E-state index is -0.0287. The number of anilines is 1. The third kappa shape index (κ3) is 7.58. The summed E-state index contributed by atoms with van der Waals surface area (Å²) in [5.41, 5.74) is 4.44. The summed E-state index contributed by atoms with van der Waals surface area (Å²) in [7, 11) is 1.76. The molecule has 0 fully saturated rings. The number of hydrogen-bond donors (Lipinski definition) is 3. The second kappa shape index (κ2) is 11.6. The van der Waals surface area contributed by atoms with Crippen LogP contribution in [0.15, 0.2) is 53.5 Å². The SMILES string of the molecule is CN=C(NCc1ccc(NC(=O)C(C)C)cc1)NCc1ccccc1C.I. The molecule has 0 unspecified atom stereocenters. The molecule has 0 aromatic heterocycles. The number of rotatable bonds is 6. The van der Waals surface area contributed by atoms with E-state index in [2.05, 4.69) is 40.0 Å². The van der Waals surface area contributed by atoms with Gasteiger partial charge in [0.1, 0.15) is 0 Å². The monoisotopic (exact) mass is 480 g/mol. The molecule has 0 saturated carbocycles. The van der Waals surface area contributed by atoms with Crippen LogP contribution in [0.1, 0.15) is 30.5 Å². The van der Waals surface area contributed by atoms with Crippen molar-refractivity contribution in [3.8, 4) is 0 Å². The van der Waals surface area contributed by atoms with Gasteiger partial charge in [0.15, 0.2) is 5.96 Å². The van der Waals surface area contributed by atoms with E-state index < -0.39 is 0 Å². The van der Waals surface area contributed by atoms with Crippen LogP contribution < -0.4 is 16.0 Å². The van der Waals surface area contributed by atoms with Crippen molar-refractivity contribution in [2.24, 2.45) is 10.9 Å². The second-order valence-corrected chi connectivity index (χ2v) is 6.55. The van der Waals surface area contributed by atoms with Crippen molar-refractivity contribution in [3.63, 3.8) is 0 Å². The van der Waals surface area contributed by atoms with Crippen molar-refractivity contribution in [2.45, 2.75) is 33.9 Å². The fraction of sp³-hybridized carbons (Fsp3) is 0.333. The van der Waals surface area contributed by atoms with Gasteiger partial charge in [0.25, 0.3) is 0 Å². The van der Waals surface area contributed by atoms with Crippen molar-refractivity contribution in [1.82, 2.24) is 10.6 Å². The van der Waals surface area contributed by atoms with Crippen molar-refractivity contribution in [1.29, 1.82) is 0 Å². The normalized spacial score (nSPS) is 10.9. The lowest BCUT2D eigenvalue weighted by Crippen LogP contribution is -2.36. The summed E-state index contributed by atoms with van der Waals surface area (Å²) < 4.78 is 0. The zero-order valence-electron chi connectivity index (χ0n) is 16.4. The van der Waals surface area contributed by atoms with Gasteiger partial charge in [-0.3, -0.25) is 9.79 Å². The number of carbonyl (C=O) groups excluding carboxylic acids is 1. The molecule has 6 heteroatoms. The van der Waals surface area contributed by atoms with E-state index in [4.69, 9.17) is 0 Å². The van der Waals surface area contributed by atoms with Crippen LogP contribution in [0.4, 0.5) is 5.69 Å². The molecule has 1 amide bonds. The maximum atomic E-state index is 11.7. The van der Waals surface area contributed by atoms with Crippen molar-refractivity contribution in [3.05, 3.63) is 65.2 Å². The first-order chi connectivity index (χ1) is 12.5. The first kappa shape index (κ1) is 23.0. The van der Waals surface area contributed by atoms with Gasteiger partial charge in [0, 0.05) is 31.7 Å². The van der Waals surface area contributed by atoms with Gasteiger partial charge in [-0.25, -0.2) is 0 Å². The van der Waals surface area contributed by atoms with Gasteiger partial charge < -0.3 is 16.0 Å². The average molecular weight is 480 g/mol. The highest BCUT2D eigenvalue weighted by molar-refractivity contribution is 14.0. The Hall–Kier alpha value is -2.09. The average Bonchev–Trinajstić information content (AvgIpc) is 2.64. The number of guanidine groups is 1. The summed E-state index contributed by atoms with van der Waals surface area (Å²) in [6, 6.07) is 16.1. The van der Waals surface area contributed by atoms with Gasteiger partial charge in [0.2, 0.25) is 5.91 Å². The summed E-state index contributed by atoms with van der Waals surface area (Å²) in [5, 5.41) is 9.53. The maximum Gasteiger partial charge on any atom is 0.226 e. The summed E-state index contributed by atoms with van der Waals surface area (Å²) in [5.74, 6) is 0.751. The van der Waals surface area contributed by atoms with Gasteiger partial charge in [-0.05, 0) is 35.7 Å². The third-order valence-corrected chi connectivity index (χ3v) is 4.14. The quantitative estimate of drug-likeness (QED) is 0.332. The van der Waals surface area contributed by atoms with Crippen LogP contribution in [0.5, 0.6) is 0 Å². The van der Waals surface area contributed by atoms with Gasteiger partial charge in [-0.15, -0.1) is 24.0 Å². The number of carbonyl (C=O) groups is 1. The van der Waals surface area contributed by atoms with E-state index in [9.17, 15) is 4.79 Å². The Morgan fingerprint density at radius 1 is 1.00 bits per heavy atom. The lowest BCUT2D eigenvalue weighted by molar-refractivity contribution is -0.118. The van der Waals surface area contributed by atoms with E-state index in [1.807, 2.05) is 50.2 Å². The lowest BCUT2D eigenvalue weighted by Gasteiger charge is -2.13. The van der Waals surface area contributed by atoms with E-state index in [0.717, 1.165) is 23.8 Å². The Kier molecular flexibility index (Phi) is 9.85. The van der Waals surface area contributed by atoms with Gasteiger partial charge in [-0.1, -0.05) is 50.2 Å². The predicted octanol–water partition coefficient (Wildman–Crippen LogP) is 4.07. The number of nitrogens with one attached hydrogen (secondary N) is 3. The van der Waals surface area contributed by atoms with E-state index in [0.29, 0.717) is 6.54 Å². The van der Waals surface area contributed by atoms with Crippen LogP contribution in [-0.4, -0.2) is 18.9 Å². The third-order valence-electron chi connectivity index (χ3n) is 4.14. The topological polar surface area (TPSA) is 65.5 Å². The van der Waals surface area contributed by atoms with Gasteiger partial charge in [0.05, 0.1) is 0 Å². The Bertz CT molecular complexity index is 757. The maximum absolute atomic E-state index is 11.7. The molecule has 2 rings (SSSR count). The fourth-order valence-corrected chi connectivity index (χ4v) is 2.39. The Morgan fingerprint density at radius 3 is 2.22 bits per heavy atom. The highest BCUT2D eigenvalue weighted by Crippen LogP contribution is 2.11. The Morgan fingerprint density at radius 2 is 1.63 bits per heavy atom. The van der Waals surface area contributed by atoms with Crippen LogP contribution in [0.2, 0.25) is 0 Å². The molecule has 0 aliphatic heterocycles. The Balaban J connectivity index is 0.00000364. The lowest BCUT2D eigenvalue weighted by atomic mass is 10.1. The number of aryl methyl sites for hydroxylation is 1. The number of hydrogen-bond acceptors (Lipinski definition) is 2. The molecule has 0 atom stereocenters. The van der Waals surface area contributed by atoms with Crippen molar-refractivity contribution >= 4 is 41.5 Å². The molecule has 0 saturated heterocycles. The first-order valence-electron chi connectivity index (χ1n) is 8.88. The van der Waals surface area contributed by atoms with Crippen molar-refractivity contribution in [2.75, 3.05) is 12.4 Å². The second-order valence-electron chi connectivity index (χ2n) is 6.55. The molecule has 27 heavy (non-hydrogen) atoms. The summed E-state index contributed by atoms with van der Waals surface area (Å²) in [6.45, 7) is 7.25.